The SMILES string of the molecule is CCCNC(Cn1cnc(C)cc1=O)c1ccc(C)cc1. The molecule has 0 bridgehead atoms. The molecule has 0 saturated heterocycles. The Morgan fingerprint density at radius 1 is 1.24 bits per heavy atom. The smallest absolute Gasteiger partial charge is 0.253 e. The topological polar surface area (TPSA) is 46.9 Å². The van der Waals surface area contributed by atoms with Gasteiger partial charge in [0, 0.05) is 18.3 Å². The van der Waals surface area contributed by atoms with Gasteiger partial charge >= 0.3 is 0 Å². The van der Waals surface area contributed by atoms with Gasteiger partial charge in [-0.2, -0.15) is 0 Å². The summed E-state index contributed by atoms with van der Waals surface area (Å²) in [4.78, 5) is 16.2. The van der Waals surface area contributed by atoms with Gasteiger partial charge in [-0.25, -0.2) is 4.98 Å². The fourth-order valence-corrected chi connectivity index (χ4v) is 2.26. The molecule has 0 amide bonds. The summed E-state index contributed by atoms with van der Waals surface area (Å²) >= 11 is 0. The highest BCUT2D eigenvalue weighted by Crippen LogP contribution is 2.15. The lowest BCUT2D eigenvalue weighted by Gasteiger charge is -2.20. The molecule has 112 valence electrons. The van der Waals surface area contributed by atoms with Crippen molar-refractivity contribution >= 4 is 0 Å². The van der Waals surface area contributed by atoms with Crippen molar-refractivity contribution in [3.63, 3.8) is 0 Å². The first-order valence-electron chi connectivity index (χ1n) is 7.43. The number of nitrogens with one attached hydrogen (secondary N) is 1. The summed E-state index contributed by atoms with van der Waals surface area (Å²) in [6, 6.07) is 10.1. The maximum Gasteiger partial charge on any atom is 0.253 e. The van der Waals surface area contributed by atoms with E-state index in [1.54, 1.807) is 17.0 Å². The Balaban J connectivity index is 2.23. The van der Waals surface area contributed by atoms with E-state index in [0.29, 0.717) is 6.54 Å². The third-order valence-corrected chi connectivity index (χ3v) is 3.52. The van der Waals surface area contributed by atoms with E-state index in [0.717, 1.165) is 18.7 Å². The molecule has 0 aliphatic heterocycles. The second-order valence-corrected chi connectivity index (χ2v) is 5.44. The summed E-state index contributed by atoms with van der Waals surface area (Å²) in [6.45, 7) is 7.56. The van der Waals surface area contributed by atoms with Crippen molar-refractivity contribution in [2.75, 3.05) is 6.54 Å². The van der Waals surface area contributed by atoms with E-state index >= 15 is 0 Å². The average molecular weight is 285 g/mol. The molecule has 0 spiro atoms. The van der Waals surface area contributed by atoms with E-state index in [2.05, 4.69) is 48.4 Å². The zero-order valence-electron chi connectivity index (χ0n) is 13.0. The van der Waals surface area contributed by atoms with E-state index < -0.39 is 0 Å². The minimum Gasteiger partial charge on any atom is -0.308 e. The Kier molecular flexibility index (Phi) is 5.28. The van der Waals surface area contributed by atoms with Crippen LogP contribution in [-0.2, 0) is 6.54 Å². The van der Waals surface area contributed by atoms with E-state index in [4.69, 9.17) is 0 Å². The number of nitrogens with zero attached hydrogens (tertiary/aromatic N) is 2. The number of benzene rings is 1. The van der Waals surface area contributed by atoms with Crippen LogP contribution in [0.1, 0.15) is 36.2 Å². The van der Waals surface area contributed by atoms with Crippen LogP contribution in [-0.4, -0.2) is 16.1 Å². The van der Waals surface area contributed by atoms with Crippen LogP contribution >= 0.6 is 0 Å². The summed E-state index contributed by atoms with van der Waals surface area (Å²) in [5, 5.41) is 3.51. The van der Waals surface area contributed by atoms with Crippen LogP contribution < -0.4 is 10.9 Å². The molecular formula is C17H23N3O. The lowest BCUT2D eigenvalue weighted by molar-refractivity contribution is 0.452. The van der Waals surface area contributed by atoms with E-state index in [1.807, 2.05) is 6.92 Å². The van der Waals surface area contributed by atoms with Gasteiger partial charge in [-0.3, -0.25) is 9.36 Å². The molecule has 0 aliphatic rings. The Bertz CT molecular complexity index is 631. The fraction of sp³-hybridized carbons (Fsp3) is 0.412. The minimum atomic E-state index is -0.00194. The van der Waals surface area contributed by atoms with Crippen LogP contribution in [0.5, 0.6) is 0 Å². The summed E-state index contributed by atoms with van der Waals surface area (Å²) in [5.41, 5.74) is 3.19. The highest BCUT2D eigenvalue weighted by Gasteiger charge is 2.12. The molecule has 1 aromatic heterocycles. The molecule has 1 N–H and O–H groups in total. The summed E-state index contributed by atoms with van der Waals surface area (Å²) < 4.78 is 1.67. The molecule has 0 aliphatic carbocycles. The molecule has 1 heterocycles. The lowest BCUT2D eigenvalue weighted by Crippen LogP contribution is -2.31. The Labute approximate surface area is 125 Å². The van der Waals surface area contributed by atoms with Crippen molar-refractivity contribution < 1.29 is 0 Å². The Morgan fingerprint density at radius 3 is 2.57 bits per heavy atom. The second kappa shape index (κ2) is 7.18. The van der Waals surface area contributed by atoms with E-state index in [9.17, 15) is 4.79 Å². The first kappa shape index (κ1) is 15.4. The van der Waals surface area contributed by atoms with Gasteiger partial charge in [0.2, 0.25) is 0 Å². The molecule has 1 aromatic carbocycles. The van der Waals surface area contributed by atoms with Crippen LogP contribution in [0, 0.1) is 13.8 Å². The van der Waals surface area contributed by atoms with Gasteiger partial charge in [0.15, 0.2) is 0 Å². The largest absolute Gasteiger partial charge is 0.308 e. The summed E-state index contributed by atoms with van der Waals surface area (Å²) in [5.74, 6) is 0. The number of hydrogen-bond donors (Lipinski definition) is 1. The number of hydrogen-bond acceptors (Lipinski definition) is 3. The minimum absolute atomic E-state index is 0.00194. The highest BCUT2D eigenvalue weighted by molar-refractivity contribution is 5.24. The van der Waals surface area contributed by atoms with E-state index in [-0.39, 0.29) is 11.6 Å². The second-order valence-electron chi connectivity index (χ2n) is 5.44. The molecule has 0 saturated carbocycles. The maximum absolute atomic E-state index is 12.0. The van der Waals surface area contributed by atoms with Crippen LogP contribution in [0.4, 0.5) is 0 Å². The average Bonchev–Trinajstić information content (AvgIpc) is 2.46. The van der Waals surface area contributed by atoms with E-state index in [1.165, 1.54) is 11.1 Å². The Hall–Kier alpha value is -1.94. The quantitative estimate of drug-likeness (QED) is 0.887. The zero-order valence-corrected chi connectivity index (χ0v) is 13.0. The molecule has 1 unspecified atom stereocenters. The van der Waals surface area contributed by atoms with Crippen molar-refractivity contribution in [1.82, 2.24) is 14.9 Å². The molecule has 4 heteroatoms. The molecule has 1 atom stereocenters. The van der Waals surface area contributed by atoms with Gasteiger partial charge in [0.1, 0.15) is 0 Å². The van der Waals surface area contributed by atoms with Gasteiger partial charge in [-0.15, -0.1) is 0 Å². The van der Waals surface area contributed by atoms with Crippen molar-refractivity contribution in [2.45, 2.75) is 39.8 Å². The third kappa shape index (κ3) is 4.26. The fourth-order valence-electron chi connectivity index (χ4n) is 2.26. The lowest BCUT2D eigenvalue weighted by atomic mass is 10.0. The summed E-state index contributed by atoms with van der Waals surface area (Å²) in [7, 11) is 0. The van der Waals surface area contributed by atoms with Gasteiger partial charge in [-0.05, 0) is 32.4 Å². The van der Waals surface area contributed by atoms with Gasteiger partial charge < -0.3 is 5.32 Å². The number of aromatic nitrogens is 2. The summed E-state index contributed by atoms with van der Waals surface area (Å²) in [6.07, 6.45) is 2.69. The van der Waals surface area contributed by atoms with Crippen molar-refractivity contribution in [2.24, 2.45) is 0 Å². The van der Waals surface area contributed by atoms with Gasteiger partial charge in [-0.1, -0.05) is 36.8 Å². The number of aryl methyl sites for hydroxylation is 2. The molecule has 4 nitrogen and oxygen atoms in total. The normalized spacial score (nSPS) is 12.3. The molecule has 21 heavy (non-hydrogen) atoms. The molecule has 2 rings (SSSR count). The maximum atomic E-state index is 12.0. The molecule has 0 radical (unpaired) electrons. The van der Waals surface area contributed by atoms with Crippen LogP contribution in [0.15, 0.2) is 41.5 Å². The Morgan fingerprint density at radius 2 is 1.95 bits per heavy atom. The third-order valence-electron chi connectivity index (χ3n) is 3.52. The molecular weight excluding hydrogens is 262 g/mol. The molecule has 0 fully saturated rings. The van der Waals surface area contributed by atoms with Crippen LogP contribution in [0.25, 0.3) is 0 Å². The van der Waals surface area contributed by atoms with Gasteiger partial charge in [0.05, 0.1) is 12.4 Å². The highest BCUT2D eigenvalue weighted by atomic mass is 16.1. The first-order chi connectivity index (χ1) is 10.1. The first-order valence-corrected chi connectivity index (χ1v) is 7.43. The van der Waals surface area contributed by atoms with Crippen molar-refractivity contribution in [3.8, 4) is 0 Å². The zero-order chi connectivity index (χ0) is 15.2. The molecule has 2 aromatic rings. The van der Waals surface area contributed by atoms with Crippen molar-refractivity contribution in [3.05, 3.63) is 63.8 Å². The number of rotatable bonds is 6. The van der Waals surface area contributed by atoms with Crippen molar-refractivity contribution in [1.29, 1.82) is 0 Å². The monoisotopic (exact) mass is 285 g/mol. The standard InChI is InChI=1S/C17H23N3O/c1-4-9-18-16(15-7-5-13(2)6-8-15)11-20-12-19-14(3)10-17(20)21/h5-8,10,12,16,18H,4,9,11H2,1-3H3. The van der Waals surface area contributed by atoms with Crippen LogP contribution in [0.2, 0.25) is 0 Å². The van der Waals surface area contributed by atoms with Crippen LogP contribution in [0.3, 0.4) is 0 Å². The predicted octanol–water partition coefficient (Wildman–Crippen LogP) is 2.60. The van der Waals surface area contributed by atoms with Gasteiger partial charge in [0.25, 0.3) is 5.56 Å². The predicted molar refractivity (Wildman–Crippen MR) is 85.4 cm³/mol.